The molecule has 1 atom stereocenters. The monoisotopic (exact) mass is 322 g/mol. The van der Waals surface area contributed by atoms with Crippen molar-refractivity contribution in [2.45, 2.75) is 19.1 Å². The van der Waals surface area contributed by atoms with Crippen molar-refractivity contribution >= 4 is 0 Å². The zero-order chi connectivity index (χ0) is 16.6. The molecule has 1 heterocycles. The summed E-state index contributed by atoms with van der Waals surface area (Å²) in [5.74, 6) is -3.03. The van der Waals surface area contributed by atoms with E-state index in [0.717, 1.165) is 11.6 Å². The summed E-state index contributed by atoms with van der Waals surface area (Å²) in [6.45, 7) is 0.814. The van der Waals surface area contributed by atoms with Crippen LogP contribution < -0.4 is 10.5 Å². The molecule has 3 rings (SSSR count). The van der Waals surface area contributed by atoms with Crippen LogP contribution in [0.2, 0.25) is 0 Å². The first kappa shape index (κ1) is 15.8. The molecule has 0 radical (unpaired) electrons. The number of nitrogens with two attached hydrogens (primary N) is 1. The van der Waals surface area contributed by atoms with E-state index in [2.05, 4.69) is 0 Å². The number of nitrogens with zero attached hydrogens (tertiary/aromatic N) is 1. The van der Waals surface area contributed by atoms with Gasteiger partial charge < -0.3 is 10.5 Å². The van der Waals surface area contributed by atoms with Crippen LogP contribution in [0.25, 0.3) is 0 Å². The van der Waals surface area contributed by atoms with Crippen molar-refractivity contribution in [3.05, 3.63) is 64.5 Å². The number of rotatable bonds is 4. The fraction of sp³-hybridized carbons (Fsp3) is 0.294. The molecule has 2 aromatic carbocycles. The van der Waals surface area contributed by atoms with Gasteiger partial charge in [-0.05, 0) is 17.7 Å². The van der Waals surface area contributed by atoms with Gasteiger partial charge in [0.15, 0.2) is 17.5 Å². The first-order valence-corrected chi connectivity index (χ1v) is 7.29. The lowest BCUT2D eigenvalue weighted by Gasteiger charge is -2.24. The van der Waals surface area contributed by atoms with Gasteiger partial charge in [-0.15, -0.1) is 0 Å². The van der Waals surface area contributed by atoms with Gasteiger partial charge in [0.25, 0.3) is 0 Å². The van der Waals surface area contributed by atoms with E-state index >= 15 is 0 Å². The lowest BCUT2D eigenvalue weighted by Crippen LogP contribution is -2.27. The first-order chi connectivity index (χ1) is 11.1. The highest BCUT2D eigenvalue weighted by Gasteiger charge is 2.34. The molecule has 122 valence electrons. The van der Waals surface area contributed by atoms with E-state index in [0.29, 0.717) is 17.9 Å². The van der Waals surface area contributed by atoms with E-state index in [1.807, 2.05) is 29.2 Å². The minimum Gasteiger partial charge on any atom is -0.496 e. The maximum Gasteiger partial charge on any atom is 0.194 e. The molecular formula is C17H17F3N2O. The number of hydrogen-bond acceptors (Lipinski definition) is 3. The smallest absolute Gasteiger partial charge is 0.194 e. The Morgan fingerprint density at radius 2 is 1.96 bits per heavy atom. The Labute approximate surface area is 132 Å². The van der Waals surface area contributed by atoms with Gasteiger partial charge in [-0.25, -0.2) is 13.2 Å². The second-order valence-electron chi connectivity index (χ2n) is 5.52. The average Bonchev–Trinajstić information content (AvgIpc) is 2.90. The second kappa shape index (κ2) is 6.22. The van der Waals surface area contributed by atoms with Crippen LogP contribution in [-0.4, -0.2) is 18.6 Å². The molecule has 0 spiro atoms. The van der Waals surface area contributed by atoms with Gasteiger partial charge in [0.1, 0.15) is 5.75 Å². The predicted molar refractivity (Wildman–Crippen MR) is 80.4 cm³/mol. The first-order valence-electron chi connectivity index (χ1n) is 7.29. The molecule has 0 fully saturated rings. The van der Waals surface area contributed by atoms with Gasteiger partial charge in [0.05, 0.1) is 7.11 Å². The number of hydrogen-bond donors (Lipinski definition) is 1. The molecule has 0 bridgehead atoms. The van der Waals surface area contributed by atoms with Crippen LogP contribution in [0.4, 0.5) is 13.2 Å². The minimum absolute atomic E-state index is 0.175. The summed E-state index contributed by atoms with van der Waals surface area (Å²) in [4.78, 5) is 1.89. The number of para-hydroxylation sites is 1. The summed E-state index contributed by atoms with van der Waals surface area (Å²) in [5.41, 5.74) is 7.29. The molecule has 3 nitrogen and oxygen atoms in total. The summed E-state index contributed by atoms with van der Waals surface area (Å²) >= 11 is 0. The van der Waals surface area contributed by atoms with Crippen LogP contribution in [0.1, 0.15) is 22.7 Å². The van der Waals surface area contributed by atoms with E-state index in [4.69, 9.17) is 10.5 Å². The molecule has 1 aliphatic heterocycles. The molecule has 1 aliphatic rings. The largest absolute Gasteiger partial charge is 0.496 e. The fourth-order valence-corrected chi connectivity index (χ4v) is 3.11. The molecular weight excluding hydrogens is 305 g/mol. The topological polar surface area (TPSA) is 38.5 Å². The number of fused-ring (bicyclic) bond motifs is 1. The van der Waals surface area contributed by atoms with Crippen molar-refractivity contribution in [3.63, 3.8) is 0 Å². The van der Waals surface area contributed by atoms with Gasteiger partial charge in [-0.1, -0.05) is 18.2 Å². The Balaban J connectivity index is 1.95. The van der Waals surface area contributed by atoms with Crippen LogP contribution in [0.3, 0.4) is 0 Å². The highest BCUT2D eigenvalue weighted by molar-refractivity contribution is 5.39. The van der Waals surface area contributed by atoms with Crippen LogP contribution in [0, 0.1) is 17.5 Å². The average molecular weight is 322 g/mol. The molecule has 0 saturated heterocycles. The third-order valence-electron chi connectivity index (χ3n) is 4.25. The predicted octanol–water partition coefficient (Wildman–Crippen LogP) is 3.13. The summed E-state index contributed by atoms with van der Waals surface area (Å²) in [6.07, 6.45) is 0. The van der Waals surface area contributed by atoms with Crippen molar-refractivity contribution in [1.82, 2.24) is 4.90 Å². The molecule has 2 N–H and O–H groups in total. The standard InChI is InChI=1S/C17H17F3N2O/c1-23-15-5-3-2-4-10(15)8-22-9-12-11(14(22)7-21)6-13(18)17(20)16(12)19/h2-6,14H,7-9,21H2,1H3. The van der Waals surface area contributed by atoms with Gasteiger partial charge in [-0.2, -0.15) is 0 Å². The summed E-state index contributed by atoms with van der Waals surface area (Å²) in [5, 5.41) is 0. The second-order valence-corrected chi connectivity index (χ2v) is 5.52. The molecule has 0 aliphatic carbocycles. The van der Waals surface area contributed by atoms with Crippen LogP contribution in [-0.2, 0) is 13.1 Å². The molecule has 6 heteroatoms. The summed E-state index contributed by atoms with van der Waals surface area (Å²) in [6, 6.07) is 8.14. The molecule has 0 amide bonds. The van der Waals surface area contributed by atoms with E-state index in [1.54, 1.807) is 7.11 Å². The van der Waals surface area contributed by atoms with Gasteiger partial charge >= 0.3 is 0 Å². The SMILES string of the molecule is COc1ccccc1CN1Cc2c(cc(F)c(F)c2F)C1CN. The lowest BCUT2D eigenvalue weighted by atomic mass is 10.0. The summed E-state index contributed by atoms with van der Waals surface area (Å²) in [7, 11) is 1.57. The van der Waals surface area contributed by atoms with E-state index in [9.17, 15) is 13.2 Å². The molecule has 1 unspecified atom stereocenters. The highest BCUT2D eigenvalue weighted by atomic mass is 19.2. The van der Waals surface area contributed by atoms with E-state index < -0.39 is 17.5 Å². The van der Waals surface area contributed by atoms with Gasteiger partial charge in [-0.3, -0.25) is 4.90 Å². The Morgan fingerprint density at radius 3 is 2.65 bits per heavy atom. The maximum absolute atomic E-state index is 14.0. The molecule has 2 aromatic rings. The van der Waals surface area contributed by atoms with Crippen molar-refractivity contribution < 1.29 is 17.9 Å². The summed E-state index contributed by atoms with van der Waals surface area (Å²) < 4.78 is 46.3. The molecule has 23 heavy (non-hydrogen) atoms. The zero-order valence-electron chi connectivity index (χ0n) is 12.7. The molecule has 0 saturated carbocycles. The van der Waals surface area contributed by atoms with Crippen molar-refractivity contribution in [2.75, 3.05) is 13.7 Å². The number of ether oxygens (including phenoxy) is 1. The Bertz CT molecular complexity index is 736. The highest BCUT2D eigenvalue weighted by Crippen LogP contribution is 2.38. The van der Waals surface area contributed by atoms with Gasteiger partial charge in [0, 0.05) is 36.8 Å². The lowest BCUT2D eigenvalue weighted by molar-refractivity contribution is 0.207. The van der Waals surface area contributed by atoms with Crippen molar-refractivity contribution in [2.24, 2.45) is 5.73 Å². The van der Waals surface area contributed by atoms with Crippen LogP contribution >= 0.6 is 0 Å². The third kappa shape index (κ3) is 2.68. The van der Waals surface area contributed by atoms with E-state index in [1.165, 1.54) is 0 Å². The molecule has 0 aromatic heterocycles. The number of halogens is 3. The third-order valence-corrected chi connectivity index (χ3v) is 4.25. The Morgan fingerprint density at radius 1 is 1.22 bits per heavy atom. The van der Waals surface area contributed by atoms with Gasteiger partial charge in [0.2, 0.25) is 0 Å². The van der Waals surface area contributed by atoms with Crippen LogP contribution in [0.15, 0.2) is 30.3 Å². The Kier molecular flexibility index (Phi) is 4.28. The van der Waals surface area contributed by atoms with Crippen LogP contribution in [0.5, 0.6) is 5.75 Å². The van der Waals surface area contributed by atoms with Crippen molar-refractivity contribution in [1.29, 1.82) is 0 Å². The fourth-order valence-electron chi connectivity index (χ4n) is 3.11. The maximum atomic E-state index is 14.0. The quantitative estimate of drug-likeness (QED) is 0.879. The number of benzene rings is 2. The Hall–Kier alpha value is -2.05. The zero-order valence-corrected chi connectivity index (χ0v) is 12.7. The normalized spacial score (nSPS) is 17.3. The number of methoxy groups -OCH3 is 1. The van der Waals surface area contributed by atoms with E-state index in [-0.39, 0.29) is 24.7 Å². The minimum atomic E-state index is -1.43. The van der Waals surface area contributed by atoms with Crippen molar-refractivity contribution in [3.8, 4) is 5.75 Å².